The quantitative estimate of drug-likeness (QED) is 0.598. The zero-order chi connectivity index (χ0) is 21.8. The van der Waals surface area contributed by atoms with E-state index in [2.05, 4.69) is 15.0 Å². The van der Waals surface area contributed by atoms with Gasteiger partial charge >= 0.3 is 0 Å². The van der Waals surface area contributed by atoms with Gasteiger partial charge < -0.3 is 9.80 Å². The predicted molar refractivity (Wildman–Crippen MR) is 122 cm³/mol. The van der Waals surface area contributed by atoms with Gasteiger partial charge in [0.25, 0.3) is 5.91 Å². The molecule has 0 aliphatic carbocycles. The van der Waals surface area contributed by atoms with Crippen LogP contribution in [0.5, 0.6) is 0 Å². The van der Waals surface area contributed by atoms with Gasteiger partial charge in [0.2, 0.25) is 0 Å². The van der Waals surface area contributed by atoms with Gasteiger partial charge in [-0.3, -0.25) is 9.48 Å². The summed E-state index contributed by atoms with van der Waals surface area (Å²) in [6.45, 7) is 6.66. The van der Waals surface area contributed by atoms with E-state index in [-0.39, 0.29) is 23.5 Å². The SMILES string of the molecule is Cc1nn([C@@H]2CCS(=O)(=O)C2)c(C)c1N1CCN(C(=O)c2nc3ccccc3s2)CC1. The minimum Gasteiger partial charge on any atom is -0.365 e. The van der Waals surface area contributed by atoms with E-state index >= 15 is 0 Å². The number of sulfone groups is 1. The fourth-order valence-electron chi connectivity index (χ4n) is 4.67. The molecule has 0 saturated carbocycles. The largest absolute Gasteiger partial charge is 0.365 e. The molecule has 0 N–H and O–H groups in total. The molecular formula is C21H25N5O3S2. The van der Waals surface area contributed by atoms with Gasteiger partial charge in [0.1, 0.15) is 0 Å². The second-order valence-electron chi connectivity index (χ2n) is 8.29. The number of carbonyl (C=O) groups excluding carboxylic acids is 1. The van der Waals surface area contributed by atoms with E-state index in [9.17, 15) is 13.2 Å². The average molecular weight is 460 g/mol. The number of aromatic nitrogens is 3. The fourth-order valence-corrected chi connectivity index (χ4v) is 7.29. The summed E-state index contributed by atoms with van der Waals surface area (Å²) in [6.07, 6.45) is 0.619. The minimum atomic E-state index is -2.97. The van der Waals surface area contributed by atoms with Crippen LogP contribution in [0.1, 0.15) is 33.7 Å². The molecule has 0 bridgehead atoms. The molecule has 2 aliphatic heterocycles. The van der Waals surface area contributed by atoms with Crippen LogP contribution in [0.25, 0.3) is 10.2 Å². The average Bonchev–Trinajstić information content (AvgIpc) is 3.42. The first kappa shape index (κ1) is 20.4. The third-order valence-corrected chi connectivity index (χ3v) is 8.98. The molecule has 2 saturated heterocycles. The first-order chi connectivity index (χ1) is 14.8. The highest BCUT2D eigenvalue weighted by atomic mass is 32.2. The number of nitrogens with zero attached hydrogens (tertiary/aromatic N) is 5. The number of rotatable bonds is 3. The number of piperazine rings is 1. The molecule has 31 heavy (non-hydrogen) atoms. The van der Waals surface area contributed by atoms with E-state index in [1.165, 1.54) is 11.3 Å². The van der Waals surface area contributed by atoms with Crippen LogP contribution in [0.2, 0.25) is 0 Å². The Morgan fingerprint density at radius 2 is 1.87 bits per heavy atom. The van der Waals surface area contributed by atoms with Crippen LogP contribution in [0.4, 0.5) is 5.69 Å². The summed E-state index contributed by atoms with van der Waals surface area (Å²) in [4.78, 5) is 21.6. The summed E-state index contributed by atoms with van der Waals surface area (Å²) in [6, 6.07) is 7.72. The number of hydrogen-bond donors (Lipinski definition) is 0. The van der Waals surface area contributed by atoms with Crippen LogP contribution >= 0.6 is 11.3 Å². The van der Waals surface area contributed by atoms with Gasteiger partial charge in [0.05, 0.1) is 44.8 Å². The smallest absolute Gasteiger partial charge is 0.282 e. The van der Waals surface area contributed by atoms with Crippen molar-refractivity contribution >= 4 is 43.0 Å². The summed E-state index contributed by atoms with van der Waals surface area (Å²) >= 11 is 1.44. The lowest BCUT2D eigenvalue weighted by Crippen LogP contribution is -2.49. The molecule has 4 heterocycles. The number of para-hydroxylation sites is 1. The van der Waals surface area contributed by atoms with E-state index in [1.807, 2.05) is 47.7 Å². The van der Waals surface area contributed by atoms with E-state index in [1.54, 1.807) is 0 Å². The number of aryl methyl sites for hydroxylation is 1. The molecule has 8 nitrogen and oxygen atoms in total. The molecule has 5 rings (SSSR count). The Labute approximate surface area is 185 Å². The third-order valence-electron chi connectivity index (χ3n) is 6.20. The van der Waals surface area contributed by atoms with Crippen molar-refractivity contribution in [2.45, 2.75) is 26.3 Å². The molecule has 164 valence electrons. The lowest BCUT2D eigenvalue weighted by Gasteiger charge is -2.36. The highest BCUT2D eigenvalue weighted by molar-refractivity contribution is 7.91. The number of fused-ring (bicyclic) bond motifs is 1. The van der Waals surface area contributed by atoms with Crippen LogP contribution in [0, 0.1) is 13.8 Å². The van der Waals surface area contributed by atoms with Crippen LogP contribution in [0.15, 0.2) is 24.3 Å². The number of hydrogen-bond acceptors (Lipinski definition) is 7. The molecule has 2 aliphatic rings. The molecule has 1 amide bonds. The predicted octanol–water partition coefficient (Wildman–Crippen LogP) is 2.43. The van der Waals surface area contributed by atoms with Crippen LogP contribution in [-0.2, 0) is 9.84 Å². The van der Waals surface area contributed by atoms with Gasteiger partial charge in [-0.15, -0.1) is 11.3 Å². The summed E-state index contributed by atoms with van der Waals surface area (Å²) in [5, 5.41) is 5.22. The van der Waals surface area contributed by atoms with Gasteiger partial charge in [-0.05, 0) is 32.4 Å². The molecule has 2 aromatic heterocycles. The highest BCUT2D eigenvalue weighted by Crippen LogP contribution is 2.32. The molecule has 2 fully saturated rings. The summed E-state index contributed by atoms with van der Waals surface area (Å²) in [5.74, 6) is 0.387. The Kier molecular flexibility index (Phi) is 5.01. The lowest BCUT2D eigenvalue weighted by molar-refractivity contribution is 0.0746. The van der Waals surface area contributed by atoms with Crippen molar-refractivity contribution in [1.82, 2.24) is 19.7 Å². The van der Waals surface area contributed by atoms with Gasteiger partial charge in [-0.1, -0.05) is 12.1 Å². The Morgan fingerprint density at radius 3 is 2.55 bits per heavy atom. The topological polar surface area (TPSA) is 88.4 Å². The zero-order valence-electron chi connectivity index (χ0n) is 17.6. The minimum absolute atomic E-state index is 0.0128. The number of benzene rings is 1. The monoisotopic (exact) mass is 459 g/mol. The van der Waals surface area contributed by atoms with Crippen LogP contribution in [-0.4, -0.2) is 71.7 Å². The van der Waals surface area contributed by atoms with Gasteiger partial charge in [-0.25, -0.2) is 13.4 Å². The zero-order valence-corrected chi connectivity index (χ0v) is 19.2. The second-order valence-corrected chi connectivity index (χ2v) is 11.5. The maximum Gasteiger partial charge on any atom is 0.282 e. The van der Waals surface area contributed by atoms with Crippen molar-refractivity contribution in [3.05, 3.63) is 40.7 Å². The third kappa shape index (κ3) is 3.71. The molecule has 0 spiro atoms. The first-order valence-corrected chi connectivity index (χ1v) is 13.1. The summed E-state index contributed by atoms with van der Waals surface area (Å²) < 4.78 is 26.7. The van der Waals surface area contributed by atoms with Crippen molar-refractivity contribution < 1.29 is 13.2 Å². The summed E-state index contributed by atoms with van der Waals surface area (Å²) in [5.41, 5.74) is 3.84. The van der Waals surface area contributed by atoms with Crippen molar-refractivity contribution in [2.75, 3.05) is 42.6 Å². The van der Waals surface area contributed by atoms with Gasteiger partial charge in [-0.2, -0.15) is 5.10 Å². The lowest BCUT2D eigenvalue weighted by atomic mass is 10.2. The molecule has 0 radical (unpaired) electrons. The Balaban J connectivity index is 1.30. The standard InChI is InChI=1S/C21H25N5O3S2/c1-14-19(15(2)26(23-14)16-7-12-31(28,29)13-16)24-8-10-25(11-9-24)21(27)20-22-17-5-3-4-6-18(17)30-20/h3-6,16H,7-13H2,1-2H3/t16-/m1/s1. The maximum atomic E-state index is 13.0. The highest BCUT2D eigenvalue weighted by Gasteiger charge is 2.33. The van der Waals surface area contributed by atoms with E-state index in [0.29, 0.717) is 37.6 Å². The van der Waals surface area contributed by atoms with Crippen molar-refractivity contribution in [1.29, 1.82) is 0 Å². The molecule has 0 unspecified atom stereocenters. The number of amides is 1. The van der Waals surface area contributed by atoms with Crippen molar-refractivity contribution in [3.8, 4) is 0 Å². The fraction of sp³-hybridized carbons (Fsp3) is 0.476. The summed E-state index contributed by atoms with van der Waals surface area (Å²) in [7, 11) is -2.97. The molecule has 1 aromatic carbocycles. The van der Waals surface area contributed by atoms with E-state index in [0.717, 1.165) is 27.3 Å². The van der Waals surface area contributed by atoms with Crippen LogP contribution in [0.3, 0.4) is 0 Å². The number of thiazole rings is 1. The Hall–Kier alpha value is -2.46. The maximum absolute atomic E-state index is 13.0. The Morgan fingerprint density at radius 1 is 1.13 bits per heavy atom. The molecular weight excluding hydrogens is 434 g/mol. The van der Waals surface area contributed by atoms with Crippen LogP contribution < -0.4 is 4.90 Å². The van der Waals surface area contributed by atoms with Gasteiger partial charge in [0.15, 0.2) is 14.8 Å². The van der Waals surface area contributed by atoms with Crippen molar-refractivity contribution in [2.24, 2.45) is 0 Å². The Bertz CT molecular complexity index is 1220. The number of carbonyl (C=O) groups is 1. The normalized spacial score (nSPS) is 21.2. The van der Waals surface area contributed by atoms with E-state index in [4.69, 9.17) is 0 Å². The van der Waals surface area contributed by atoms with E-state index < -0.39 is 9.84 Å². The second kappa shape index (κ2) is 7.59. The number of anilines is 1. The molecule has 3 aromatic rings. The molecule has 10 heteroatoms. The first-order valence-electron chi connectivity index (χ1n) is 10.5. The van der Waals surface area contributed by atoms with Gasteiger partial charge in [0, 0.05) is 26.2 Å². The molecule has 1 atom stereocenters. The van der Waals surface area contributed by atoms with Crippen molar-refractivity contribution in [3.63, 3.8) is 0 Å².